The van der Waals surface area contributed by atoms with Crippen LogP contribution in [0.5, 0.6) is 0 Å². The van der Waals surface area contributed by atoms with Crippen molar-refractivity contribution in [3.05, 3.63) is 35.4 Å². The second-order valence-electron chi connectivity index (χ2n) is 4.88. The highest BCUT2D eigenvalue weighted by molar-refractivity contribution is 7.80. The third-order valence-corrected chi connectivity index (χ3v) is 3.33. The summed E-state index contributed by atoms with van der Waals surface area (Å²) in [5.41, 5.74) is 7.29. The van der Waals surface area contributed by atoms with Crippen LogP contribution < -0.4 is 11.1 Å². The normalized spacial score (nSPS) is 10.6. The number of benzene rings is 1. The lowest BCUT2D eigenvalue weighted by molar-refractivity contribution is -0.120. The molecule has 5 nitrogen and oxygen atoms in total. The van der Waals surface area contributed by atoms with Crippen molar-refractivity contribution in [1.29, 1.82) is 0 Å². The van der Waals surface area contributed by atoms with Gasteiger partial charge in [0.2, 0.25) is 5.91 Å². The van der Waals surface area contributed by atoms with Gasteiger partial charge in [0.1, 0.15) is 4.99 Å². The minimum Gasteiger partial charge on any atom is -0.389 e. The van der Waals surface area contributed by atoms with Crippen molar-refractivity contribution >= 4 is 23.1 Å². The Morgan fingerprint density at radius 3 is 2.57 bits per heavy atom. The van der Waals surface area contributed by atoms with E-state index < -0.39 is 0 Å². The Labute approximate surface area is 131 Å². The zero-order chi connectivity index (χ0) is 15.7. The molecule has 0 aliphatic rings. The Morgan fingerprint density at radius 2 is 2.00 bits per heavy atom. The van der Waals surface area contributed by atoms with E-state index in [0.29, 0.717) is 24.6 Å². The fourth-order valence-corrected chi connectivity index (χ4v) is 1.92. The molecule has 0 aliphatic heterocycles. The van der Waals surface area contributed by atoms with Crippen LogP contribution in [0.15, 0.2) is 24.3 Å². The van der Waals surface area contributed by atoms with Gasteiger partial charge in [-0.1, -0.05) is 36.5 Å². The van der Waals surface area contributed by atoms with Crippen molar-refractivity contribution in [2.24, 2.45) is 5.73 Å². The fourth-order valence-electron chi connectivity index (χ4n) is 1.78. The van der Waals surface area contributed by atoms with E-state index in [1.54, 1.807) is 7.11 Å². The summed E-state index contributed by atoms with van der Waals surface area (Å²) in [6.45, 7) is 2.98. The van der Waals surface area contributed by atoms with E-state index >= 15 is 0 Å². The van der Waals surface area contributed by atoms with Gasteiger partial charge in [-0.25, -0.2) is 0 Å². The number of carbonyl (C=O) groups excluding carboxylic acids is 1. The maximum Gasteiger partial charge on any atom is 0.224 e. The van der Waals surface area contributed by atoms with Gasteiger partial charge in [0.25, 0.3) is 0 Å². The summed E-state index contributed by atoms with van der Waals surface area (Å²) < 4.78 is 5.00. The zero-order valence-corrected chi connectivity index (χ0v) is 13.4. The first-order valence-electron chi connectivity index (χ1n) is 6.86. The van der Waals surface area contributed by atoms with Crippen molar-refractivity contribution in [2.75, 3.05) is 40.4 Å². The first kappa shape index (κ1) is 17.6. The molecule has 0 unspecified atom stereocenters. The molecule has 0 radical (unpaired) electrons. The molecule has 3 N–H and O–H groups in total. The summed E-state index contributed by atoms with van der Waals surface area (Å²) in [5, 5.41) is 2.90. The quantitative estimate of drug-likeness (QED) is 0.652. The molecule has 1 aromatic rings. The highest BCUT2D eigenvalue weighted by Crippen LogP contribution is 2.05. The van der Waals surface area contributed by atoms with E-state index in [-0.39, 0.29) is 5.91 Å². The molecule has 116 valence electrons. The van der Waals surface area contributed by atoms with Gasteiger partial charge in [-0.05, 0) is 12.6 Å². The first-order valence-corrected chi connectivity index (χ1v) is 7.26. The fraction of sp³-hybridized carbons (Fsp3) is 0.467. The van der Waals surface area contributed by atoms with Crippen LogP contribution in [-0.2, 0) is 16.0 Å². The summed E-state index contributed by atoms with van der Waals surface area (Å²) in [6, 6.07) is 7.42. The van der Waals surface area contributed by atoms with Crippen LogP contribution in [0.25, 0.3) is 0 Å². The van der Waals surface area contributed by atoms with Crippen molar-refractivity contribution in [2.45, 2.75) is 6.42 Å². The largest absolute Gasteiger partial charge is 0.389 e. The van der Waals surface area contributed by atoms with Gasteiger partial charge in [-0.2, -0.15) is 0 Å². The molecule has 0 fully saturated rings. The van der Waals surface area contributed by atoms with Crippen molar-refractivity contribution in [1.82, 2.24) is 10.2 Å². The van der Waals surface area contributed by atoms with Gasteiger partial charge in [0.15, 0.2) is 0 Å². The van der Waals surface area contributed by atoms with Crippen LogP contribution in [0.1, 0.15) is 11.1 Å². The number of hydrogen-bond acceptors (Lipinski definition) is 4. The topological polar surface area (TPSA) is 67.6 Å². The average Bonchev–Trinajstić information content (AvgIpc) is 2.45. The number of thiocarbonyl (C=S) groups is 1. The Hall–Kier alpha value is -1.50. The standard InChI is InChI=1S/C15H23N3O2S/c1-18(9-10-20-2)8-7-17-14(19)11-12-3-5-13(6-4-12)15(16)21/h3-6H,7-11H2,1-2H3,(H2,16,21)(H,17,19). The second-order valence-corrected chi connectivity index (χ2v) is 5.32. The summed E-state index contributed by atoms with van der Waals surface area (Å²) in [7, 11) is 3.68. The Balaban J connectivity index is 2.28. The van der Waals surface area contributed by atoms with Gasteiger partial charge in [0, 0.05) is 32.3 Å². The van der Waals surface area contributed by atoms with E-state index in [4.69, 9.17) is 22.7 Å². The van der Waals surface area contributed by atoms with Crippen molar-refractivity contribution in [3.8, 4) is 0 Å². The molecular formula is C15H23N3O2S. The number of nitrogens with one attached hydrogen (secondary N) is 1. The van der Waals surface area contributed by atoms with Crippen LogP contribution in [-0.4, -0.2) is 56.2 Å². The van der Waals surface area contributed by atoms with Crippen molar-refractivity contribution < 1.29 is 9.53 Å². The molecule has 0 heterocycles. The molecule has 0 aromatic heterocycles. The van der Waals surface area contributed by atoms with Crippen LogP contribution in [0, 0.1) is 0 Å². The summed E-state index contributed by atoms with van der Waals surface area (Å²) in [4.78, 5) is 14.3. The Bertz CT molecular complexity index is 462. The number of nitrogens with zero attached hydrogens (tertiary/aromatic N) is 1. The molecular weight excluding hydrogens is 286 g/mol. The smallest absolute Gasteiger partial charge is 0.224 e. The lowest BCUT2D eigenvalue weighted by atomic mass is 10.1. The maximum atomic E-state index is 11.8. The van der Waals surface area contributed by atoms with Gasteiger partial charge in [-0.3, -0.25) is 4.79 Å². The molecule has 0 saturated carbocycles. The van der Waals surface area contributed by atoms with E-state index in [1.165, 1.54) is 0 Å². The Kier molecular flexibility index (Phi) is 7.89. The number of amides is 1. The Morgan fingerprint density at radius 1 is 1.33 bits per heavy atom. The molecule has 1 aromatic carbocycles. The molecule has 0 atom stereocenters. The minimum absolute atomic E-state index is 0.0122. The lowest BCUT2D eigenvalue weighted by Crippen LogP contribution is -2.35. The second kappa shape index (κ2) is 9.44. The molecule has 21 heavy (non-hydrogen) atoms. The SMILES string of the molecule is COCCN(C)CCNC(=O)Cc1ccc(C(N)=S)cc1. The molecule has 6 heteroatoms. The van der Waals surface area contributed by atoms with Crippen LogP contribution >= 0.6 is 12.2 Å². The van der Waals surface area contributed by atoms with E-state index in [1.807, 2.05) is 31.3 Å². The zero-order valence-electron chi connectivity index (χ0n) is 12.6. The van der Waals surface area contributed by atoms with Crippen LogP contribution in [0.4, 0.5) is 0 Å². The van der Waals surface area contributed by atoms with E-state index in [2.05, 4.69) is 10.2 Å². The highest BCUT2D eigenvalue weighted by Gasteiger charge is 2.04. The van der Waals surface area contributed by atoms with Gasteiger partial charge < -0.3 is 20.7 Å². The number of hydrogen-bond donors (Lipinski definition) is 2. The van der Waals surface area contributed by atoms with Crippen LogP contribution in [0.3, 0.4) is 0 Å². The van der Waals surface area contributed by atoms with Gasteiger partial charge in [0.05, 0.1) is 13.0 Å². The average molecular weight is 309 g/mol. The number of likely N-dealkylation sites (N-methyl/N-ethyl adjacent to an activating group) is 1. The lowest BCUT2D eigenvalue weighted by Gasteiger charge is -2.16. The molecule has 1 amide bonds. The summed E-state index contributed by atoms with van der Waals surface area (Å²) in [5.74, 6) is 0.0122. The molecule has 0 aliphatic carbocycles. The predicted molar refractivity (Wildman–Crippen MR) is 88.4 cm³/mol. The number of methoxy groups -OCH3 is 1. The van der Waals surface area contributed by atoms with Gasteiger partial charge >= 0.3 is 0 Å². The van der Waals surface area contributed by atoms with E-state index in [0.717, 1.165) is 24.2 Å². The van der Waals surface area contributed by atoms with Crippen LogP contribution in [0.2, 0.25) is 0 Å². The number of carbonyl (C=O) groups is 1. The minimum atomic E-state index is 0.0122. The molecule has 0 bridgehead atoms. The number of nitrogens with two attached hydrogens (primary N) is 1. The molecule has 1 rings (SSSR count). The highest BCUT2D eigenvalue weighted by atomic mass is 32.1. The molecule has 0 saturated heterocycles. The maximum absolute atomic E-state index is 11.8. The third kappa shape index (κ3) is 7.17. The van der Waals surface area contributed by atoms with Gasteiger partial charge in [-0.15, -0.1) is 0 Å². The van der Waals surface area contributed by atoms with Crippen molar-refractivity contribution in [3.63, 3.8) is 0 Å². The monoisotopic (exact) mass is 309 g/mol. The van der Waals surface area contributed by atoms with E-state index in [9.17, 15) is 4.79 Å². The first-order chi connectivity index (χ1) is 10.0. The summed E-state index contributed by atoms with van der Waals surface area (Å²) in [6.07, 6.45) is 0.361. The number of rotatable bonds is 9. The third-order valence-electron chi connectivity index (χ3n) is 3.10. The predicted octanol–water partition coefficient (Wildman–Crippen LogP) is 0.558. The number of ether oxygens (including phenoxy) is 1. The molecule has 0 spiro atoms. The summed E-state index contributed by atoms with van der Waals surface area (Å²) >= 11 is 4.89.